The Hall–Kier alpha value is -4.60. The first kappa shape index (κ1) is 35.9. The molecule has 46 heavy (non-hydrogen) atoms. The lowest BCUT2D eigenvalue weighted by atomic mass is 10.2. The lowest BCUT2D eigenvalue weighted by molar-refractivity contribution is -0.286. The van der Waals surface area contributed by atoms with Crippen LogP contribution < -0.4 is 18.9 Å². The van der Waals surface area contributed by atoms with Crippen LogP contribution in [-0.2, 0) is 19.3 Å². The molecule has 3 aromatic rings. The fourth-order valence-electron chi connectivity index (χ4n) is 4.11. The van der Waals surface area contributed by atoms with E-state index < -0.39 is 11.9 Å². The number of unbranched alkanes of at least 4 members (excludes halogenated alkanes) is 6. The van der Waals surface area contributed by atoms with E-state index in [1.54, 1.807) is 54.6 Å². The Kier molecular flexibility index (Phi) is 17.2. The van der Waals surface area contributed by atoms with Gasteiger partial charge in [0.15, 0.2) is 0 Å². The quantitative estimate of drug-likeness (QED) is 0.0183. The van der Waals surface area contributed by atoms with Gasteiger partial charge in [-0.1, -0.05) is 19.1 Å². The number of ether oxygens (including phenoxy) is 5. The van der Waals surface area contributed by atoms with Crippen molar-refractivity contribution in [3.63, 3.8) is 0 Å². The third-order valence-electron chi connectivity index (χ3n) is 6.56. The number of hydrogen-bond acceptors (Lipinski definition) is 9. The monoisotopic (exact) mass is 632 g/mol. The van der Waals surface area contributed by atoms with Gasteiger partial charge in [0.2, 0.25) is 0 Å². The summed E-state index contributed by atoms with van der Waals surface area (Å²) in [6.07, 6.45) is 10.4. The molecule has 0 aliphatic carbocycles. The Bertz CT molecular complexity index is 1300. The highest BCUT2D eigenvalue weighted by Crippen LogP contribution is 2.26. The third-order valence-corrected chi connectivity index (χ3v) is 6.56. The summed E-state index contributed by atoms with van der Waals surface area (Å²) in [6, 6.07) is 21.2. The van der Waals surface area contributed by atoms with Gasteiger partial charge in [-0.2, -0.15) is 0 Å². The van der Waals surface area contributed by atoms with Gasteiger partial charge in [-0.25, -0.2) is 19.4 Å². The van der Waals surface area contributed by atoms with Crippen molar-refractivity contribution in [1.82, 2.24) is 0 Å². The summed E-state index contributed by atoms with van der Waals surface area (Å²) in [5, 5.41) is 0. The molecular formula is C37H44O9. The van der Waals surface area contributed by atoms with Crippen LogP contribution in [0, 0.1) is 0 Å². The summed E-state index contributed by atoms with van der Waals surface area (Å²) in [5.41, 5.74) is 0.420. The van der Waals surface area contributed by atoms with Crippen molar-refractivity contribution in [1.29, 1.82) is 0 Å². The molecule has 9 nitrogen and oxygen atoms in total. The van der Waals surface area contributed by atoms with Crippen molar-refractivity contribution in [2.45, 2.75) is 51.4 Å². The smallest absolute Gasteiger partial charge is 0.343 e. The maximum atomic E-state index is 12.6. The van der Waals surface area contributed by atoms with Crippen molar-refractivity contribution >= 4 is 11.9 Å². The van der Waals surface area contributed by atoms with Crippen molar-refractivity contribution in [3.8, 4) is 28.7 Å². The van der Waals surface area contributed by atoms with E-state index in [1.807, 2.05) is 24.3 Å². The Morgan fingerprint density at radius 3 is 1.57 bits per heavy atom. The number of carbonyl (C=O) groups is 2. The number of benzene rings is 3. The van der Waals surface area contributed by atoms with Crippen molar-refractivity contribution < 1.29 is 43.0 Å². The van der Waals surface area contributed by atoms with Gasteiger partial charge in [-0.15, -0.1) is 6.58 Å². The highest BCUT2D eigenvalue weighted by atomic mass is 17.2. The Labute approximate surface area is 271 Å². The lowest BCUT2D eigenvalue weighted by Crippen LogP contribution is -2.08. The lowest BCUT2D eigenvalue weighted by Gasteiger charge is -2.10. The number of hydrogen-bond donors (Lipinski definition) is 0. The van der Waals surface area contributed by atoms with E-state index in [-0.39, 0.29) is 0 Å². The molecule has 0 radical (unpaired) electrons. The molecule has 0 N–H and O–H groups in total. The molecule has 0 saturated carbocycles. The molecule has 0 bridgehead atoms. The average molecular weight is 633 g/mol. The minimum Gasteiger partial charge on any atom is -0.494 e. The van der Waals surface area contributed by atoms with Crippen LogP contribution in [0.4, 0.5) is 0 Å². The van der Waals surface area contributed by atoms with E-state index in [0.29, 0.717) is 61.6 Å². The second-order valence-electron chi connectivity index (χ2n) is 10.3. The molecule has 3 rings (SSSR count). The largest absolute Gasteiger partial charge is 0.494 e. The first-order valence-electron chi connectivity index (χ1n) is 15.7. The second-order valence-corrected chi connectivity index (χ2v) is 10.3. The third kappa shape index (κ3) is 14.9. The van der Waals surface area contributed by atoms with Gasteiger partial charge in [0.1, 0.15) is 35.4 Å². The molecule has 0 fully saturated rings. The molecular weight excluding hydrogens is 588 g/mol. The molecule has 0 amide bonds. The highest BCUT2D eigenvalue weighted by Gasteiger charge is 2.10. The number of carbonyl (C=O) groups excluding carboxylic acids is 2. The summed E-state index contributed by atoms with van der Waals surface area (Å²) >= 11 is 0. The average Bonchev–Trinajstić information content (AvgIpc) is 3.08. The van der Waals surface area contributed by atoms with E-state index in [9.17, 15) is 9.59 Å². The van der Waals surface area contributed by atoms with Gasteiger partial charge in [-0.05, 0) is 118 Å². The molecule has 0 heterocycles. The SMILES string of the molecule is C=CCOOCCCCCCOc1ccc(Oc2ccc(OC(=O)c3ccc(OCCCCCCOC(=O)C=C)cc3)cc2)cc1. The summed E-state index contributed by atoms with van der Waals surface area (Å²) in [7, 11) is 0. The molecule has 246 valence electrons. The van der Waals surface area contributed by atoms with Crippen molar-refractivity contribution in [2.24, 2.45) is 0 Å². The molecule has 9 heteroatoms. The van der Waals surface area contributed by atoms with Crippen molar-refractivity contribution in [2.75, 3.05) is 33.0 Å². The zero-order valence-corrected chi connectivity index (χ0v) is 26.4. The number of esters is 2. The topological polar surface area (TPSA) is 98.8 Å². The fraction of sp³-hybridized carbons (Fsp3) is 0.351. The zero-order chi connectivity index (χ0) is 32.7. The van der Waals surface area contributed by atoms with Crippen LogP contribution in [0.5, 0.6) is 28.7 Å². The summed E-state index contributed by atoms with van der Waals surface area (Å²) < 4.78 is 28.0. The van der Waals surface area contributed by atoms with Gasteiger partial charge in [0.25, 0.3) is 0 Å². The minimum atomic E-state index is -0.462. The van der Waals surface area contributed by atoms with Crippen molar-refractivity contribution in [3.05, 3.63) is 104 Å². The van der Waals surface area contributed by atoms with Gasteiger partial charge in [0, 0.05) is 6.08 Å². The van der Waals surface area contributed by atoms with Crippen LogP contribution in [0.1, 0.15) is 61.7 Å². The van der Waals surface area contributed by atoms with Crippen LogP contribution in [0.2, 0.25) is 0 Å². The first-order valence-corrected chi connectivity index (χ1v) is 15.7. The molecule has 0 aliphatic heterocycles. The maximum Gasteiger partial charge on any atom is 0.343 e. The minimum absolute atomic E-state index is 0.393. The van der Waals surface area contributed by atoms with Gasteiger partial charge >= 0.3 is 11.9 Å². The predicted molar refractivity (Wildman–Crippen MR) is 176 cm³/mol. The Balaban J connectivity index is 1.29. The summed E-state index contributed by atoms with van der Waals surface area (Å²) in [4.78, 5) is 33.5. The van der Waals surface area contributed by atoms with E-state index in [2.05, 4.69) is 13.2 Å². The Morgan fingerprint density at radius 2 is 1.02 bits per heavy atom. The van der Waals surface area contributed by atoms with Gasteiger partial charge in [-0.3, -0.25) is 0 Å². The Morgan fingerprint density at radius 1 is 0.543 bits per heavy atom. The molecule has 0 spiro atoms. The summed E-state index contributed by atoms with van der Waals surface area (Å²) in [6.45, 7) is 9.53. The van der Waals surface area contributed by atoms with Gasteiger partial charge < -0.3 is 23.7 Å². The zero-order valence-electron chi connectivity index (χ0n) is 26.4. The molecule has 3 aromatic carbocycles. The fourth-order valence-corrected chi connectivity index (χ4v) is 4.11. The molecule has 0 atom stereocenters. The van der Waals surface area contributed by atoms with Crippen LogP contribution in [0.25, 0.3) is 0 Å². The van der Waals surface area contributed by atoms with E-state index in [0.717, 1.165) is 63.2 Å². The second kappa shape index (κ2) is 22.0. The molecule has 0 saturated heterocycles. The molecule has 0 unspecified atom stereocenters. The van der Waals surface area contributed by atoms with E-state index in [4.69, 9.17) is 33.5 Å². The first-order chi connectivity index (χ1) is 22.6. The van der Waals surface area contributed by atoms with E-state index in [1.165, 1.54) is 0 Å². The van der Waals surface area contributed by atoms with Crippen LogP contribution in [0.15, 0.2) is 98.1 Å². The summed E-state index contributed by atoms with van der Waals surface area (Å²) in [5.74, 6) is 2.31. The normalized spacial score (nSPS) is 10.5. The highest BCUT2D eigenvalue weighted by molar-refractivity contribution is 5.91. The van der Waals surface area contributed by atoms with Crippen LogP contribution in [0.3, 0.4) is 0 Å². The predicted octanol–water partition coefficient (Wildman–Crippen LogP) is 8.44. The van der Waals surface area contributed by atoms with E-state index >= 15 is 0 Å². The van der Waals surface area contributed by atoms with Gasteiger partial charge in [0.05, 0.1) is 32.0 Å². The maximum absolute atomic E-state index is 12.6. The van der Waals surface area contributed by atoms with Crippen LogP contribution >= 0.6 is 0 Å². The van der Waals surface area contributed by atoms with Crippen LogP contribution in [-0.4, -0.2) is 45.0 Å². The standard InChI is InChI=1S/C37H44O9/c1-3-25-43-44-29-12-8-7-10-27-41-32-17-19-33(20-18-32)45-34-21-23-35(24-22-34)46-37(39)30-13-15-31(16-14-30)40-26-9-5-6-11-28-42-36(38)4-2/h3-4,13-24H,1-2,5-12,25-29H2. The molecule has 0 aliphatic rings. The number of rotatable bonds is 24. The molecule has 0 aromatic heterocycles.